The minimum absolute atomic E-state index is 0.235. The summed E-state index contributed by atoms with van der Waals surface area (Å²) >= 11 is 5.89. The number of aromatic nitrogens is 2. The summed E-state index contributed by atoms with van der Waals surface area (Å²) in [5, 5.41) is 0.633. The number of hydrogen-bond acceptors (Lipinski definition) is 5. The molecule has 0 aliphatic carbocycles. The number of nitrogens with zero attached hydrogens (tertiary/aromatic N) is 2. The number of ether oxygens (including phenoxy) is 2. The van der Waals surface area contributed by atoms with Gasteiger partial charge in [0.05, 0.1) is 18.9 Å². The van der Waals surface area contributed by atoms with Gasteiger partial charge in [0.1, 0.15) is 5.56 Å². The lowest BCUT2D eigenvalue weighted by Crippen LogP contribution is -2.13. The lowest BCUT2D eigenvalue weighted by Gasteiger charge is -2.12. The fourth-order valence-corrected chi connectivity index (χ4v) is 2.08. The minimum Gasteiger partial charge on any atom is -0.477 e. The van der Waals surface area contributed by atoms with Crippen LogP contribution < -0.4 is 4.74 Å². The third-order valence-electron chi connectivity index (χ3n) is 2.92. The first kappa shape index (κ1) is 16.2. The van der Waals surface area contributed by atoms with E-state index in [2.05, 4.69) is 9.97 Å². The van der Waals surface area contributed by atoms with E-state index in [0.717, 1.165) is 5.56 Å². The molecule has 2 aromatic rings. The zero-order valence-corrected chi connectivity index (χ0v) is 13.5. The number of carbonyl (C=O) groups is 1. The van der Waals surface area contributed by atoms with Crippen LogP contribution in [0.25, 0.3) is 11.4 Å². The van der Waals surface area contributed by atoms with Crippen molar-refractivity contribution in [2.75, 3.05) is 13.2 Å². The Balaban J connectivity index is 2.51. The van der Waals surface area contributed by atoms with Crippen LogP contribution in [0.5, 0.6) is 5.88 Å². The van der Waals surface area contributed by atoms with Crippen molar-refractivity contribution in [2.45, 2.75) is 20.8 Å². The van der Waals surface area contributed by atoms with Crippen molar-refractivity contribution < 1.29 is 14.3 Å². The Hall–Kier alpha value is -2.14. The molecule has 116 valence electrons. The SMILES string of the molecule is CCOC(=O)c1c(C)nc(-c2ccc(Cl)cc2)nc1OCC. The van der Waals surface area contributed by atoms with Crippen LogP contribution in [0.1, 0.15) is 29.9 Å². The van der Waals surface area contributed by atoms with Crippen molar-refractivity contribution in [3.8, 4) is 17.3 Å². The first-order valence-corrected chi connectivity index (χ1v) is 7.39. The molecule has 1 aromatic carbocycles. The number of aryl methyl sites for hydroxylation is 1. The van der Waals surface area contributed by atoms with Gasteiger partial charge in [-0.25, -0.2) is 9.78 Å². The molecular formula is C16H17ClN2O3. The van der Waals surface area contributed by atoms with Crippen LogP contribution in [0.3, 0.4) is 0 Å². The quantitative estimate of drug-likeness (QED) is 0.786. The molecule has 0 atom stereocenters. The van der Waals surface area contributed by atoms with Crippen molar-refractivity contribution >= 4 is 17.6 Å². The molecule has 0 bridgehead atoms. The molecule has 1 aromatic heterocycles. The van der Waals surface area contributed by atoms with Gasteiger partial charge in [-0.15, -0.1) is 0 Å². The molecular weight excluding hydrogens is 304 g/mol. The molecule has 5 nitrogen and oxygen atoms in total. The summed E-state index contributed by atoms with van der Waals surface area (Å²) in [4.78, 5) is 20.8. The normalized spacial score (nSPS) is 10.4. The highest BCUT2D eigenvalue weighted by molar-refractivity contribution is 6.30. The number of esters is 1. The summed E-state index contributed by atoms with van der Waals surface area (Å²) < 4.78 is 10.5. The molecule has 22 heavy (non-hydrogen) atoms. The number of rotatable bonds is 5. The molecule has 0 amide bonds. The Labute approximate surface area is 134 Å². The predicted molar refractivity (Wildman–Crippen MR) is 84.3 cm³/mol. The maximum Gasteiger partial charge on any atom is 0.345 e. The van der Waals surface area contributed by atoms with Crippen LogP contribution in [0.15, 0.2) is 24.3 Å². The number of halogens is 1. The average molecular weight is 321 g/mol. The second-order valence-electron chi connectivity index (χ2n) is 4.47. The van der Waals surface area contributed by atoms with Gasteiger partial charge < -0.3 is 9.47 Å². The van der Waals surface area contributed by atoms with Crippen LogP contribution in [0.4, 0.5) is 0 Å². The molecule has 0 aliphatic heterocycles. The molecule has 0 unspecified atom stereocenters. The second kappa shape index (κ2) is 7.22. The van der Waals surface area contributed by atoms with Gasteiger partial charge in [0, 0.05) is 10.6 Å². The van der Waals surface area contributed by atoms with E-state index < -0.39 is 5.97 Å². The fourth-order valence-electron chi connectivity index (χ4n) is 1.95. The van der Waals surface area contributed by atoms with E-state index >= 15 is 0 Å². The Morgan fingerprint density at radius 2 is 1.82 bits per heavy atom. The van der Waals surface area contributed by atoms with Crippen molar-refractivity contribution in [3.63, 3.8) is 0 Å². The van der Waals surface area contributed by atoms with E-state index in [9.17, 15) is 4.79 Å². The molecule has 0 saturated carbocycles. The molecule has 6 heteroatoms. The first-order chi connectivity index (χ1) is 10.6. The summed E-state index contributed by atoms with van der Waals surface area (Å²) in [6, 6.07) is 7.15. The average Bonchev–Trinajstić information content (AvgIpc) is 2.48. The van der Waals surface area contributed by atoms with Gasteiger partial charge >= 0.3 is 5.97 Å². The lowest BCUT2D eigenvalue weighted by atomic mass is 10.2. The third-order valence-corrected chi connectivity index (χ3v) is 3.17. The second-order valence-corrected chi connectivity index (χ2v) is 4.91. The molecule has 0 spiro atoms. The molecule has 0 N–H and O–H groups in total. The highest BCUT2D eigenvalue weighted by Gasteiger charge is 2.21. The van der Waals surface area contributed by atoms with Crippen LogP contribution in [-0.2, 0) is 4.74 Å². The number of hydrogen-bond donors (Lipinski definition) is 0. The van der Waals surface area contributed by atoms with Gasteiger partial charge in [0.2, 0.25) is 5.88 Å². The van der Waals surface area contributed by atoms with Crippen molar-refractivity contribution in [1.82, 2.24) is 9.97 Å². The highest BCUT2D eigenvalue weighted by Crippen LogP contribution is 2.25. The number of carbonyl (C=O) groups excluding carboxylic acids is 1. The molecule has 1 heterocycles. The van der Waals surface area contributed by atoms with E-state index in [0.29, 0.717) is 23.1 Å². The van der Waals surface area contributed by atoms with E-state index in [1.165, 1.54) is 0 Å². The fraction of sp³-hybridized carbons (Fsp3) is 0.312. The zero-order chi connectivity index (χ0) is 16.1. The highest BCUT2D eigenvalue weighted by atomic mass is 35.5. The Morgan fingerprint density at radius 3 is 2.41 bits per heavy atom. The van der Waals surface area contributed by atoms with Gasteiger partial charge in [0.25, 0.3) is 0 Å². The van der Waals surface area contributed by atoms with Crippen molar-refractivity contribution in [2.24, 2.45) is 0 Å². The summed E-state index contributed by atoms with van der Waals surface area (Å²) in [6.07, 6.45) is 0. The predicted octanol–water partition coefficient (Wildman–Crippen LogP) is 3.68. The van der Waals surface area contributed by atoms with Crippen LogP contribution in [0.2, 0.25) is 5.02 Å². The largest absolute Gasteiger partial charge is 0.477 e. The van der Waals surface area contributed by atoms with Gasteiger partial charge in [-0.3, -0.25) is 0 Å². The van der Waals surface area contributed by atoms with E-state index in [-0.39, 0.29) is 18.1 Å². The Morgan fingerprint density at radius 1 is 1.14 bits per heavy atom. The Kier molecular flexibility index (Phi) is 5.33. The summed E-state index contributed by atoms with van der Waals surface area (Å²) in [7, 11) is 0. The molecule has 0 fully saturated rings. The van der Waals surface area contributed by atoms with Crippen LogP contribution in [-0.4, -0.2) is 29.2 Å². The summed E-state index contributed by atoms with van der Waals surface area (Å²) in [6.45, 7) is 5.98. The number of benzene rings is 1. The van der Waals surface area contributed by atoms with Crippen LogP contribution >= 0.6 is 11.6 Å². The van der Waals surface area contributed by atoms with E-state index in [4.69, 9.17) is 21.1 Å². The summed E-state index contributed by atoms with van der Waals surface area (Å²) in [5.41, 5.74) is 1.58. The van der Waals surface area contributed by atoms with E-state index in [1.807, 2.05) is 19.1 Å². The molecule has 0 radical (unpaired) electrons. The minimum atomic E-state index is -0.480. The molecule has 0 aliphatic rings. The van der Waals surface area contributed by atoms with E-state index in [1.54, 1.807) is 26.0 Å². The molecule has 0 saturated heterocycles. The van der Waals surface area contributed by atoms with Crippen molar-refractivity contribution in [3.05, 3.63) is 40.5 Å². The third kappa shape index (κ3) is 3.54. The Bertz CT molecular complexity index is 672. The molecule has 2 rings (SSSR count). The maximum absolute atomic E-state index is 12.1. The summed E-state index contributed by atoms with van der Waals surface area (Å²) in [5.74, 6) is 0.232. The monoisotopic (exact) mass is 320 g/mol. The van der Waals surface area contributed by atoms with Crippen LogP contribution in [0, 0.1) is 6.92 Å². The smallest absolute Gasteiger partial charge is 0.345 e. The topological polar surface area (TPSA) is 61.3 Å². The van der Waals surface area contributed by atoms with Crippen molar-refractivity contribution in [1.29, 1.82) is 0 Å². The standard InChI is InChI=1S/C16H17ClN2O3/c1-4-21-15-13(16(20)22-5-2)10(3)18-14(19-15)11-6-8-12(17)9-7-11/h6-9H,4-5H2,1-3H3. The zero-order valence-electron chi connectivity index (χ0n) is 12.7. The van der Waals surface area contributed by atoms with Gasteiger partial charge in [0.15, 0.2) is 5.82 Å². The van der Waals surface area contributed by atoms with Gasteiger partial charge in [-0.05, 0) is 45.0 Å². The van der Waals surface area contributed by atoms with Gasteiger partial charge in [-0.1, -0.05) is 11.6 Å². The van der Waals surface area contributed by atoms with Gasteiger partial charge in [-0.2, -0.15) is 4.98 Å². The lowest BCUT2D eigenvalue weighted by molar-refractivity contribution is 0.0519. The first-order valence-electron chi connectivity index (χ1n) is 7.01. The maximum atomic E-state index is 12.1.